The third-order valence-corrected chi connectivity index (χ3v) is 4.09. The number of benzene rings is 1. The molecule has 0 aliphatic heterocycles. The molecule has 0 aliphatic rings. The minimum absolute atomic E-state index is 0.741. The number of thiophene rings is 1. The Morgan fingerprint density at radius 1 is 1.19 bits per heavy atom. The number of nitriles is 1. The zero-order valence-electron chi connectivity index (χ0n) is 11.4. The van der Waals surface area contributed by atoms with Gasteiger partial charge in [-0.05, 0) is 35.9 Å². The molecule has 1 N–H and O–H groups in total. The van der Waals surface area contributed by atoms with E-state index < -0.39 is 0 Å². The van der Waals surface area contributed by atoms with Crippen molar-refractivity contribution in [1.29, 1.82) is 5.26 Å². The monoisotopic (exact) mass is 294 g/mol. The first kappa shape index (κ1) is 13.4. The maximum Gasteiger partial charge on any atom is 0.110 e. The Morgan fingerprint density at radius 2 is 2.05 bits per heavy atom. The molecule has 0 atom stereocenters. The topological polar surface area (TPSA) is 53.6 Å². The van der Waals surface area contributed by atoms with Crippen LogP contribution in [0.3, 0.4) is 0 Å². The smallest absolute Gasteiger partial charge is 0.110 e. The first-order chi connectivity index (χ1) is 10.3. The van der Waals surface area contributed by atoms with Crippen molar-refractivity contribution in [3.63, 3.8) is 0 Å². The molecule has 0 saturated carbocycles. The molecule has 104 valence electrons. The zero-order chi connectivity index (χ0) is 14.5. The van der Waals surface area contributed by atoms with Gasteiger partial charge >= 0.3 is 0 Å². The quantitative estimate of drug-likeness (QED) is 0.784. The fraction of sp³-hybridized carbons (Fsp3) is 0.125. The first-order valence-electron chi connectivity index (χ1n) is 6.62. The van der Waals surface area contributed by atoms with Gasteiger partial charge in [0.1, 0.15) is 10.9 Å². The molecule has 4 nitrogen and oxygen atoms in total. The van der Waals surface area contributed by atoms with Gasteiger partial charge in [-0.1, -0.05) is 12.1 Å². The molecule has 0 amide bonds. The number of aromatic nitrogens is 2. The van der Waals surface area contributed by atoms with Gasteiger partial charge in [-0.15, -0.1) is 11.3 Å². The van der Waals surface area contributed by atoms with Gasteiger partial charge in [0, 0.05) is 29.5 Å². The highest BCUT2D eigenvalue weighted by Crippen LogP contribution is 2.17. The molecule has 21 heavy (non-hydrogen) atoms. The van der Waals surface area contributed by atoms with E-state index in [-0.39, 0.29) is 0 Å². The van der Waals surface area contributed by atoms with Gasteiger partial charge < -0.3 is 5.32 Å². The third kappa shape index (κ3) is 3.50. The molecule has 0 radical (unpaired) electrons. The zero-order valence-corrected chi connectivity index (χ0v) is 12.2. The lowest BCUT2D eigenvalue weighted by atomic mass is 10.2. The lowest BCUT2D eigenvalue weighted by Gasteiger charge is -2.07. The van der Waals surface area contributed by atoms with Gasteiger partial charge in [0.05, 0.1) is 6.54 Å². The van der Waals surface area contributed by atoms with Crippen molar-refractivity contribution in [2.45, 2.75) is 13.1 Å². The van der Waals surface area contributed by atoms with Crippen LogP contribution in [0.5, 0.6) is 0 Å². The maximum atomic E-state index is 8.81. The minimum atomic E-state index is 0.741. The standard InChI is InChI=1S/C16H14N4S/c17-10-15-6-7-16(21-15)11-18-14-4-2-13(3-5-14)12-20-9-1-8-19-20/h1-9,18H,11-12H2. The van der Waals surface area contributed by atoms with Crippen molar-refractivity contribution < 1.29 is 0 Å². The fourth-order valence-electron chi connectivity index (χ4n) is 2.03. The Hall–Kier alpha value is -2.58. The Bertz CT molecular complexity index is 735. The van der Waals surface area contributed by atoms with E-state index >= 15 is 0 Å². The summed E-state index contributed by atoms with van der Waals surface area (Å²) in [6, 6.07) is 16.3. The van der Waals surface area contributed by atoms with Crippen LogP contribution in [0.2, 0.25) is 0 Å². The summed E-state index contributed by atoms with van der Waals surface area (Å²) >= 11 is 1.52. The average molecular weight is 294 g/mol. The molecule has 5 heteroatoms. The molecule has 0 aliphatic carbocycles. The molecule has 2 aromatic heterocycles. The highest BCUT2D eigenvalue weighted by Gasteiger charge is 2.00. The van der Waals surface area contributed by atoms with E-state index in [0.717, 1.165) is 28.5 Å². The lowest BCUT2D eigenvalue weighted by molar-refractivity contribution is 0.687. The van der Waals surface area contributed by atoms with Crippen molar-refractivity contribution in [2.75, 3.05) is 5.32 Å². The third-order valence-electron chi connectivity index (χ3n) is 3.10. The van der Waals surface area contributed by atoms with Crippen LogP contribution in [0, 0.1) is 11.3 Å². The van der Waals surface area contributed by atoms with Crippen LogP contribution < -0.4 is 5.32 Å². The second kappa shape index (κ2) is 6.25. The normalized spacial score (nSPS) is 10.2. The summed E-state index contributed by atoms with van der Waals surface area (Å²) in [7, 11) is 0. The number of rotatable bonds is 5. The highest BCUT2D eigenvalue weighted by molar-refractivity contribution is 7.12. The predicted octanol–water partition coefficient (Wildman–Crippen LogP) is 3.48. The number of hydrogen-bond donors (Lipinski definition) is 1. The number of anilines is 1. The molecule has 3 aromatic rings. The Morgan fingerprint density at radius 3 is 2.71 bits per heavy atom. The summed E-state index contributed by atoms with van der Waals surface area (Å²) in [6.45, 7) is 1.52. The van der Waals surface area contributed by atoms with E-state index in [1.165, 1.54) is 16.9 Å². The van der Waals surface area contributed by atoms with E-state index in [1.54, 1.807) is 6.20 Å². The van der Waals surface area contributed by atoms with Crippen LogP contribution in [0.1, 0.15) is 15.3 Å². The van der Waals surface area contributed by atoms with Crippen molar-refractivity contribution in [1.82, 2.24) is 9.78 Å². The van der Waals surface area contributed by atoms with Crippen LogP contribution in [-0.2, 0) is 13.1 Å². The Balaban J connectivity index is 1.58. The van der Waals surface area contributed by atoms with E-state index in [0.29, 0.717) is 0 Å². The SMILES string of the molecule is N#Cc1ccc(CNc2ccc(Cn3cccn3)cc2)s1. The van der Waals surface area contributed by atoms with E-state index in [2.05, 4.69) is 40.8 Å². The molecule has 0 saturated heterocycles. The summed E-state index contributed by atoms with van der Waals surface area (Å²) in [5.41, 5.74) is 2.29. The second-order valence-electron chi connectivity index (χ2n) is 4.63. The summed E-state index contributed by atoms with van der Waals surface area (Å²) in [5, 5.41) is 16.4. The van der Waals surface area contributed by atoms with Crippen LogP contribution >= 0.6 is 11.3 Å². The molecule has 0 bridgehead atoms. The lowest BCUT2D eigenvalue weighted by Crippen LogP contribution is -2.01. The highest BCUT2D eigenvalue weighted by atomic mass is 32.1. The summed E-state index contributed by atoms with van der Waals surface area (Å²) < 4.78 is 1.90. The van der Waals surface area contributed by atoms with Crippen molar-refractivity contribution >= 4 is 17.0 Å². The summed E-state index contributed by atoms with van der Waals surface area (Å²) in [6.07, 6.45) is 3.74. The largest absolute Gasteiger partial charge is 0.380 e. The van der Waals surface area contributed by atoms with E-state index in [1.807, 2.05) is 29.1 Å². The van der Waals surface area contributed by atoms with Crippen molar-refractivity contribution in [2.24, 2.45) is 0 Å². The number of nitrogens with zero attached hydrogens (tertiary/aromatic N) is 3. The second-order valence-corrected chi connectivity index (χ2v) is 5.80. The molecular formula is C16H14N4S. The molecule has 1 aromatic carbocycles. The van der Waals surface area contributed by atoms with Crippen LogP contribution in [0.25, 0.3) is 0 Å². The maximum absolute atomic E-state index is 8.81. The Labute approximate surface area is 127 Å². The fourth-order valence-corrected chi connectivity index (χ4v) is 2.78. The van der Waals surface area contributed by atoms with Crippen LogP contribution in [0.4, 0.5) is 5.69 Å². The predicted molar refractivity (Wildman–Crippen MR) is 84.1 cm³/mol. The van der Waals surface area contributed by atoms with Gasteiger partial charge in [0.25, 0.3) is 0 Å². The van der Waals surface area contributed by atoms with Crippen LogP contribution in [0.15, 0.2) is 54.9 Å². The van der Waals surface area contributed by atoms with Gasteiger partial charge in [-0.25, -0.2) is 0 Å². The number of nitrogens with one attached hydrogen (secondary N) is 1. The molecule has 3 rings (SSSR count). The number of hydrogen-bond acceptors (Lipinski definition) is 4. The summed E-state index contributed by atoms with van der Waals surface area (Å²) in [5.74, 6) is 0. The molecule has 0 fully saturated rings. The van der Waals surface area contributed by atoms with E-state index in [9.17, 15) is 0 Å². The molecule has 0 spiro atoms. The van der Waals surface area contributed by atoms with E-state index in [4.69, 9.17) is 5.26 Å². The van der Waals surface area contributed by atoms with Gasteiger partial charge in [-0.2, -0.15) is 10.4 Å². The van der Waals surface area contributed by atoms with Crippen LogP contribution in [-0.4, -0.2) is 9.78 Å². The van der Waals surface area contributed by atoms with Crippen molar-refractivity contribution in [3.05, 3.63) is 70.2 Å². The van der Waals surface area contributed by atoms with Crippen molar-refractivity contribution in [3.8, 4) is 6.07 Å². The van der Waals surface area contributed by atoms with Gasteiger partial charge in [0.15, 0.2) is 0 Å². The van der Waals surface area contributed by atoms with Gasteiger partial charge in [0.2, 0.25) is 0 Å². The Kier molecular flexibility index (Phi) is 3.99. The summed E-state index contributed by atoms with van der Waals surface area (Å²) in [4.78, 5) is 1.91. The molecule has 0 unspecified atom stereocenters. The first-order valence-corrected chi connectivity index (χ1v) is 7.44. The molecular weight excluding hydrogens is 280 g/mol. The molecule has 2 heterocycles. The average Bonchev–Trinajstić information content (AvgIpc) is 3.18. The minimum Gasteiger partial charge on any atom is -0.380 e. The van der Waals surface area contributed by atoms with Gasteiger partial charge in [-0.3, -0.25) is 4.68 Å².